The molecule has 1 unspecified atom stereocenters. The maximum Gasteiger partial charge on any atom is 0.346 e. The van der Waals surface area contributed by atoms with E-state index in [0.29, 0.717) is 5.56 Å². The van der Waals surface area contributed by atoms with E-state index in [1.54, 1.807) is 12.1 Å². The molecule has 0 saturated carbocycles. The first-order valence-electron chi connectivity index (χ1n) is 6.12. The number of hydrogen-bond acceptors (Lipinski definition) is 2. The fourth-order valence-electron chi connectivity index (χ4n) is 1.87. The monoisotopic (exact) mass is 272 g/mol. The lowest BCUT2D eigenvalue weighted by atomic mass is 10.0. The van der Waals surface area contributed by atoms with Crippen LogP contribution >= 0.6 is 0 Å². The highest BCUT2D eigenvalue weighted by Crippen LogP contribution is 2.19. The van der Waals surface area contributed by atoms with Crippen LogP contribution < -0.4 is 0 Å². The zero-order valence-electron chi connectivity index (χ0n) is 10.6. The molecule has 0 fully saturated rings. The molecule has 0 aromatic heterocycles. The van der Waals surface area contributed by atoms with E-state index >= 15 is 0 Å². The molecule has 0 bridgehead atoms. The molecule has 20 heavy (non-hydrogen) atoms. The second-order valence-electron chi connectivity index (χ2n) is 4.41. The van der Waals surface area contributed by atoms with Crippen molar-refractivity contribution >= 4 is 11.8 Å². The molecule has 0 spiro atoms. The number of carboxylic acid groups (broad SMARTS) is 1. The number of Topliss-reactive ketones (excluding diaryl/α,β-unsaturated/α-hetero) is 1. The van der Waals surface area contributed by atoms with Gasteiger partial charge in [-0.3, -0.25) is 4.79 Å². The van der Waals surface area contributed by atoms with Gasteiger partial charge in [0.1, 0.15) is 0 Å². The quantitative estimate of drug-likeness (QED) is 0.851. The number of carbonyl (C=O) groups is 2. The normalized spacial score (nSPS) is 11.8. The van der Waals surface area contributed by atoms with Crippen LogP contribution in [0.5, 0.6) is 0 Å². The summed E-state index contributed by atoms with van der Waals surface area (Å²) >= 11 is 0. The number of aliphatic carboxylic acids is 1. The molecule has 0 amide bonds. The van der Waals surface area contributed by atoms with Gasteiger partial charge in [0, 0.05) is 6.42 Å². The third-order valence-electron chi connectivity index (χ3n) is 2.94. The Morgan fingerprint density at radius 3 is 2.05 bits per heavy atom. The molecule has 4 heteroatoms. The fourth-order valence-corrected chi connectivity index (χ4v) is 1.87. The molecule has 3 nitrogen and oxygen atoms in total. The van der Waals surface area contributed by atoms with Crippen molar-refractivity contribution < 1.29 is 19.1 Å². The Labute approximate surface area is 115 Å². The van der Waals surface area contributed by atoms with Crippen molar-refractivity contribution in [1.82, 2.24) is 0 Å². The highest BCUT2D eigenvalue weighted by Gasteiger charge is 2.24. The number of benzene rings is 2. The first-order chi connectivity index (χ1) is 9.58. The van der Waals surface area contributed by atoms with E-state index in [1.807, 2.05) is 42.5 Å². The SMILES string of the molecule is O=C(O)C(F)C(=O)Cc1ccc(-c2ccccc2)cc1. The fraction of sp³-hybridized carbons (Fsp3) is 0.125. The second kappa shape index (κ2) is 6.10. The van der Waals surface area contributed by atoms with E-state index in [-0.39, 0.29) is 6.42 Å². The Bertz CT molecular complexity index is 605. The van der Waals surface area contributed by atoms with Crippen molar-refractivity contribution in [3.8, 4) is 11.1 Å². The summed E-state index contributed by atoms with van der Waals surface area (Å²) in [5.41, 5.74) is 2.62. The predicted octanol–water partition coefficient (Wildman–Crippen LogP) is 2.89. The molecule has 0 aliphatic rings. The van der Waals surface area contributed by atoms with E-state index in [4.69, 9.17) is 5.11 Å². The molecule has 0 aliphatic heterocycles. The number of carboxylic acids is 1. The molecule has 0 radical (unpaired) electrons. The smallest absolute Gasteiger partial charge is 0.346 e. The van der Waals surface area contributed by atoms with Crippen molar-refractivity contribution in [2.24, 2.45) is 0 Å². The lowest BCUT2D eigenvalue weighted by Gasteiger charge is -2.05. The Kier molecular flexibility index (Phi) is 4.25. The molecule has 0 aliphatic carbocycles. The van der Waals surface area contributed by atoms with E-state index in [2.05, 4.69) is 0 Å². The topological polar surface area (TPSA) is 54.4 Å². The molecule has 1 N–H and O–H groups in total. The van der Waals surface area contributed by atoms with Crippen LogP contribution in [-0.2, 0) is 16.0 Å². The van der Waals surface area contributed by atoms with E-state index in [9.17, 15) is 14.0 Å². The number of carbonyl (C=O) groups excluding carboxylic acids is 1. The molecule has 2 rings (SSSR count). The van der Waals surface area contributed by atoms with E-state index < -0.39 is 17.9 Å². The zero-order chi connectivity index (χ0) is 14.5. The van der Waals surface area contributed by atoms with Gasteiger partial charge in [0.15, 0.2) is 5.78 Å². The largest absolute Gasteiger partial charge is 0.479 e. The number of ketones is 1. The summed E-state index contributed by atoms with van der Waals surface area (Å²) in [7, 11) is 0. The summed E-state index contributed by atoms with van der Waals surface area (Å²) in [4.78, 5) is 21.7. The molecule has 0 saturated heterocycles. The predicted molar refractivity (Wildman–Crippen MR) is 73.1 cm³/mol. The van der Waals surface area contributed by atoms with Crippen LogP contribution in [0.25, 0.3) is 11.1 Å². The Morgan fingerprint density at radius 1 is 0.950 bits per heavy atom. The lowest BCUT2D eigenvalue weighted by Crippen LogP contribution is -2.26. The number of hydrogen-bond donors (Lipinski definition) is 1. The van der Waals surface area contributed by atoms with Crippen LogP contribution in [0.1, 0.15) is 5.56 Å². The van der Waals surface area contributed by atoms with Gasteiger partial charge in [-0.2, -0.15) is 0 Å². The first kappa shape index (κ1) is 13.9. The summed E-state index contributed by atoms with van der Waals surface area (Å²) < 4.78 is 13.0. The van der Waals surface area contributed by atoms with Crippen molar-refractivity contribution in [3.63, 3.8) is 0 Å². The van der Waals surface area contributed by atoms with Gasteiger partial charge in [-0.1, -0.05) is 54.6 Å². The number of rotatable bonds is 5. The van der Waals surface area contributed by atoms with Gasteiger partial charge in [0.05, 0.1) is 0 Å². The van der Waals surface area contributed by atoms with E-state index in [1.165, 1.54) is 0 Å². The van der Waals surface area contributed by atoms with Gasteiger partial charge in [-0.25, -0.2) is 9.18 Å². The Hall–Kier alpha value is -2.49. The van der Waals surface area contributed by atoms with Crippen molar-refractivity contribution in [2.75, 3.05) is 0 Å². The Morgan fingerprint density at radius 2 is 1.50 bits per heavy atom. The second-order valence-corrected chi connectivity index (χ2v) is 4.41. The summed E-state index contributed by atoms with van der Waals surface area (Å²) in [6.45, 7) is 0. The molecule has 102 valence electrons. The molecule has 2 aromatic rings. The van der Waals surface area contributed by atoms with E-state index in [0.717, 1.165) is 11.1 Å². The summed E-state index contributed by atoms with van der Waals surface area (Å²) in [5, 5.41) is 8.43. The molecule has 0 heterocycles. The van der Waals surface area contributed by atoms with Crippen molar-refractivity contribution in [1.29, 1.82) is 0 Å². The lowest BCUT2D eigenvalue weighted by molar-refractivity contribution is -0.147. The van der Waals surface area contributed by atoms with Crippen LogP contribution in [0.3, 0.4) is 0 Å². The summed E-state index contributed by atoms with van der Waals surface area (Å²) in [6.07, 6.45) is -2.67. The standard InChI is InChI=1S/C16H13FO3/c17-15(16(19)20)14(18)10-11-6-8-13(9-7-11)12-4-2-1-3-5-12/h1-9,15H,10H2,(H,19,20). The van der Waals surface area contributed by atoms with Gasteiger partial charge in [0.25, 0.3) is 6.17 Å². The van der Waals surface area contributed by atoms with Gasteiger partial charge in [-0.05, 0) is 16.7 Å². The van der Waals surface area contributed by atoms with Crippen LogP contribution in [0.4, 0.5) is 4.39 Å². The summed E-state index contributed by atoms with van der Waals surface area (Å²) in [6, 6.07) is 16.7. The highest BCUT2D eigenvalue weighted by atomic mass is 19.1. The minimum Gasteiger partial charge on any atom is -0.479 e. The molecule has 1 atom stereocenters. The number of halogens is 1. The maximum absolute atomic E-state index is 13.0. The number of alkyl halides is 1. The first-order valence-corrected chi connectivity index (χ1v) is 6.12. The van der Waals surface area contributed by atoms with Gasteiger partial charge >= 0.3 is 5.97 Å². The zero-order valence-corrected chi connectivity index (χ0v) is 10.6. The Balaban J connectivity index is 2.09. The minimum atomic E-state index is -2.45. The molecule has 2 aromatic carbocycles. The van der Waals surface area contributed by atoms with Gasteiger partial charge in [-0.15, -0.1) is 0 Å². The third-order valence-corrected chi connectivity index (χ3v) is 2.94. The summed E-state index contributed by atoms with van der Waals surface area (Å²) in [5.74, 6) is -2.68. The van der Waals surface area contributed by atoms with Crippen LogP contribution in [-0.4, -0.2) is 23.0 Å². The van der Waals surface area contributed by atoms with Crippen LogP contribution in [0, 0.1) is 0 Å². The minimum absolute atomic E-state index is 0.220. The third kappa shape index (κ3) is 3.29. The molecular weight excluding hydrogens is 259 g/mol. The van der Waals surface area contributed by atoms with Crippen LogP contribution in [0.2, 0.25) is 0 Å². The molecular formula is C16H13FO3. The average Bonchev–Trinajstić information content (AvgIpc) is 2.48. The van der Waals surface area contributed by atoms with Gasteiger partial charge in [0.2, 0.25) is 0 Å². The van der Waals surface area contributed by atoms with Gasteiger partial charge < -0.3 is 5.11 Å². The van der Waals surface area contributed by atoms with Crippen molar-refractivity contribution in [2.45, 2.75) is 12.6 Å². The maximum atomic E-state index is 13.0. The van der Waals surface area contributed by atoms with Crippen molar-refractivity contribution in [3.05, 3.63) is 60.2 Å². The van der Waals surface area contributed by atoms with Crippen LogP contribution in [0.15, 0.2) is 54.6 Å². The average molecular weight is 272 g/mol. The highest BCUT2D eigenvalue weighted by molar-refractivity contribution is 6.01.